The van der Waals surface area contributed by atoms with Crippen LogP contribution in [-0.4, -0.2) is 57.9 Å². The van der Waals surface area contributed by atoms with Gasteiger partial charge in [0, 0.05) is 19.0 Å². The number of piperidine rings is 1. The van der Waals surface area contributed by atoms with E-state index >= 15 is 0 Å². The lowest BCUT2D eigenvalue weighted by Crippen LogP contribution is -3.12. The first-order chi connectivity index (χ1) is 11.5. The van der Waals surface area contributed by atoms with E-state index in [1.54, 1.807) is 17.5 Å². The van der Waals surface area contributed by atoms with Crippen molar-refractivity contribution >= 4 is 27.3 Å². The number of amides is 1. The number of nitrogens with one attached hydrogen (secondary N) is 2. The average Bonchev–Trinajstić information content (AvgIpc) is 3.14. The van der Waals surface area contributed by atoms with Crippen molar-refractivity contribution in [3.63, 3.8) is 0 Å². The molecule has 1 aliphatic heterocycles. The molecule has 0 aliphatic carbocycles. The topological polar surface area (TPSA) is 70.9 Å². The quantitative estimate of drug-likeness (QED) is 0.682. The van der Waals surface area contributed by atoms with Gasteiger partial charge in [0.05, 0.1) is 26.2 Å². The van der Waals surface area contributed by atoms with Crippen molar-refractivity contribution in [1.29, 1.82) is 0 Å². The van der Waals surface area contributed by atoms with Gasteiger partial charge in [0.1, 0.15) is 4.21 Å². The van der Waals surface area contributed by atoms with E-state index in [2.05, 4.69) is 19.2 Å². The highest BCUT2D eigenvalue weighted by Crippen LogP contribution is 2.26. The van der Waals surface area contributed by atoms with Gasteiger partial charge in [-0.1, -0.05) is 6.07 Å². The van der Waals surface area contributed by atoms with E-state index in [0.29, 0.717) is 36.7 Å². The third-order valence-electron chi connectivity index (χ3n) is 4.69. The van der Waals surface area contributed by atoms with E-state index in [1.165, 1.54) is 20.5 Å². The van der Waals surface area contributed by atoms with E-state index in [-0.39, 0.29) is 11.8 Å². The first-order valence-corrected chi connectivity index (χ1v) is 11.0. The van der Waals surface area contributed by atoms with Gasteiger partial charge in [-0.25, -0.2) is 8.42 Å². The Morgan fingerprint density at radius 1 is 1.33 bits per heavy atom. The van der Waals surface area contributed by atoms with Crippen molar-refractivity contribution in [3.8, 4) is 0 Å². The number of carbonyl (C=O) groups excluding carboxylic acids is 1. The summed E-state index contributed by atoms with van der Waals surface area (Å²) in [5, 5.41) is 4.78. The summed E-state index contributed by atoms with van der Waals surface area (Å²) in [6.07, 6.45) is 1.18. The summed E-state index contributed by atoms with van der Waals surface area (Å²) in [5.74, 6) is -0.0128. The van der Waals surface area contributed by atoms with Crippen LogP contribution in [0.5, 0.6) is 0 Å². The van der Waals surface area contributed by atoms with Gasteiger partial charge in [0.2, 0.25) is 5.91 Å². The first kappa shape index (κ1) is 19.4. The molecule has 0 unspecified atom stereocenters. The first-order valence-electron chi connectivity index (χ1n) is 8.64. The molecule has 0 saturated carbocycles. The smallest absolute Gasteiger partial charge is 0.252 e. The van der Waals surface area contributed by atoms with Crippen molar-refractivity contribution in [2.24, 2.45) is 5.92 Å². The van der Waals surface area contributed by atoms with Crippen molar-refractivity contribution < 1.29 is 18.1 Å². The van der Waals surface area contributed by atoms with Crippen LogP contribution in [0.25, 0.3) is 0 Å². The number of rotatable bonds is 8. The molecule has 1 aliphatic rings. The fourth-order valence-electron chi connectivity index (χ4n) is 3.01. The molecule has 1 aromatic rings. The van der Waals surface area contributed by atoms with Crippen LogP contribution in [0, 0.1) is 5.92 Å². The molecule has 8 heteroatoms. The number of hydrogen-bond donors (Lipinski definition) is 2. The van der Waals surface area contributed by atoms with Crippen LogP contribution >= 0.6 is 11.3 Å². The molecular weight excluding hydrogens is 346 g/mol. The summed E-state index contributed by atoms with van der Waals surface area (Å²) in [6, 6.07) is 3.38. The molecule has 0 radical (unpaired) electrons. The highest BCUT2D eigenvalue weighted by atomic mass is 32.2. The van der Waals surface area contributed by atoms with Gasteiger partial charge in [0.25, 0.3) is 10.0 Å². The second kappa shape index (κ2) is 8.94. The minimum absolute atomic E-state index is 0.0646. The van der Waals surface area contributed by atoms with Crippen molar-refractivity contribution in [2.45, 2.75) is 30.9 Å². The highest BCUT2D eigenvalue weighted by molar-refractivity contribution is 7.91. The summed E-state index contributed by atoms with van der Waals surface area (Å²) in [4.78, 5) is 13.7. The lowest BCUT2D eigenvalue weighted by Gasteiger charge is -2.30. The standard InChI is InChI=1S/C16H27N3O3S2/c1-3-18(4-2)12-9-17-16(20)14-7-10-19(11-8-14)24(21,22)15-6-5-13-23-15/h5-6,13-14H,3-4,7-12H2,1-2H3,(H,17,20)/p+1. The Balaban J connectivity index is 1.79. The normalized spacial score (nSPS) is 17.3. The summed E-state index contributed by atoms with van der Waals surface area (Å²) in [6.45, 7) is 8.86. The van der Waals surface area contributed by atoms with Gasteiger partial charge < -0.3 is 10.2 Å². The molecule has 2 rings (SSSR count). The number of nitrogens with zero attached hydrogens (tertiary/aromatic N) is 1. The maximum Gasteiger partial charge on any atom is 0.252 e. The van der Waals surface area contributed by atoms with Crippen LogP contribution in [0.4, 0.5) is 0 Å². The van der Waals surface area contributed by atoms with Crippen molar-refractivity contribution in [2.75, 3.05) is 39.3 Å². The summed E-state index contributed by atoms with van der Waals surface area (Å²) < 4.78 is 26.8. The second-order valence-electron chi connectivity index (χ2n) is 6.11. The Kier molecular flexibility index (Phi) is 7.21. The Hall–Kier alpha value is -0.960. The lowest BCUT2D eigenvalue weighted by atomic mass is 9.97. The Morgan fingerprint density at radius 2 is 2.00 bits per heavy atom. The molecule has 0 atom stereocenters. The van der Waals surface area contributed by atoms with E-state index in [4.69, 9.17) is 0 Å². The molecule has 2 heterocycles. The van der Waals surface area contributed by atoms with Crippen LogP contribution in [-0.2, 0) is 14.8 Å². The predicted octanol–water partition coefficient (Wildman–Crippen LogP) is 0.190. The fraction of sp³-hybridized carbons (Fsp3) is 0.688. The largest absolute Gasteiger partial charge is 0.350 e. The van der Waals surface area contributed by atoms with Crippen LogP contribution < -0.4 is 10.2 Å². The van der Waals surface area contributed by atoms with E-state index in [0.717, 1.165) is 19.6 Å². The third kappa shape index (κ3) is 4.78. The molecule has 1 fully saturated rings. The molecule has 2 N–H and O–H groups in total. The van der Waals surface area contributed by atoms with Crippen molar-refractivity contribution in [1.82, 2.24) is 9.62 Å². The molecule has 0 spiro atoms. The van der Waals surface area contributed by atoms with Crippen LogP contribution in [0.2, 0.25) is 0 Å². The number of likely N-dealkylation sites (N-methyl/N-ethyl adjacent to an activating group) is 1. The number of carbonyl (C=O) groups is 1. The maximum atomic E-state index is 12.5. The van der Waals surface area contributed by atoms with Gasteiger partial charge in [-0.05, 0) is 38.1 Å². The van der Waals surface area contributed by atoms with E-state index in [1.807, 2.05) is 0 Å². The molecule has 1 saturated heterocycles. The Morgan fingerprint density at radius 3 is 2.54 bits per heavy atom. The lowest BCUT2D eigenvalue weighted by molar-refractivity contribution is -0.895. The van der Waals surface area contributed by atoms with Crippen LogP contribution in [0.15, 0.2) is 21.7 Å². The van der Waals surface area contributed by atoms with Gasteiger partial charge in [0.15, 0.2) is 0 Å². The van der Waals surface area contributed by atoms with Gasteiger partial charge in [-0.15, -0.1) is 11.3 Å². The minimum Gasteiger partial charge on any atom is -0.350 e. The predicted molar refractivity (Wildman–Crippen MR) is 95.7 cm³/mol. The monoisotopic (exact) mass is 374 g/mol. The number of quaternary nitrogens is 1. The highest BCUT2D eigenvalue weighted by Gasteiger charge is 2.32. The zero-order valence-corrected chi connectivity index (χ0v) is 16.1. The maximum absolute atomic E-state index is 12.5. The molecule has 136 valence electrons. The van der Waals surface area contributed by atoms with Gasteiger partial charge >= 0.3 is 0 Å². The molecule has 6 nitrogen and oxygen atoms in total. The fourth-order valence-corrected chi connectivity index (χ4v) is 5.62. The Labute approximate surface area is 148 Å². The number of thiophene rings is 1. The van der Waals surface area contributed by atoms with Crippen LogP contribution in [0.1, 0.15) is 26.7 Å². The summed E-state index contributed by atoms with van der Waals surface area (Å²) in [7, 11) is -3.39. The number of sulfonamides is 1. The SMILES string of the molecule is CC[NH+](CC)CCNC(=O)C1CCN(S(=O)(=O)c2cccs2)CC1. The molecule has 24 heavy (non-hydrogen) atoms. The second-order valence-corrected chi connectivity index (χ2v) is 9.22. The van der Waals surface area contributed by atoms with E-state index < -0.39 is 10.0 Å². The average molecular weight is 375 g/mol. The zero-order chi connectivity index (χ0) is 17.6. The molecule has 0 bridgehead atoms. The van der Waals surface area contributed by atoms with E-state index in [9.17, 15) is 13.2 Å². The number of hydrogen-bond acceptors (Lipinski definition) is 4. The van der Waals surface area contributed by atoms with Gasteiger partial charge in [-0.3, -0.25) is 4.79 Å². The van der Waals surface area contributed by atoms with Crippen molar-refractivity contribution in [3.05, 3.63) is 17.5 Å². The summed E-state index contributed by atoms with van der Waals surface area (Å²) >= 11 is 1.24. The minimum atomic E-state index is -3.39. The van der Waals surface area contributed by atoms with Gasteiger partial charge in [-0.2, -0.15) is 4.31 Å². The van der Waals surface area contributed by atoms with Crippen LogP contribution in [0.3, 0.4) is 0 Å². The zero-order valence-electron chi connectivity index (χ0n) is 14.5. The summed E-state index contributed by atoms with van der Waals surface area (Å²) in [5.41, 5.74) is 0. The third-order valence-corrected chi connectivity index (χ3v) is 7.96. The molecular formula is C16H28N3O3S2+. The Bertz CT molecular complexity index is 605. The molecule has 1 amide bonds. The molecule has 0 aromatic carbocycles. The molecule has 1 aromatic heterocycles.